The molecule has 1 rings (SSSR count). The molecule has 2 nitrogen and oxygen atoms in total. The maximum absolute atomic E-state index is 12.6. The Kier molecular flexibility index (Phi) is 2.33. The van der Waals surface area contributed by atoms with E-state index < -0.39 is 23.4 Å². The maximum atomic E-state index is 12.6. The molecule has 0 fully saturated rings. The summed E-state index contributed by atoms with van der Waals surface area (Å²) in [5.74, 6) is -1.12. The van der Waals surface area contributed by atoms with Crippen LogP contribution in [0.2, 0.25) is 0 Å². The summed E-state index contributed by atoms with van der Waals surface area (Å²) >= 11 is 0. The van der Waals surface area contributed by atoms with E-state index >= 15 is 0 Å². The lowest BCUT2D eigenvalue weighted by Gasteiger charge is -2.22. The van der Waals surface area contributed by atoms with Crippen molar-refractivity contribution in [2.24, 2.45) is 0 Å². The lowest BCUT2D eigenvalue weighted by Crippen LogP contribution is -2.28. The normalized spacial score (nSPS) is 13.4. The molecule has 0 unspecified atom stereocenters. The summed E-state index contributed by atoms with van der Waals surface area (Å²) in [4.78, 5) is 0. The largest absolute Gasteiger partial charge is 0.433 e. The minimum Gasteiger partial charge on any atom is -0.252 e. The second-order valence-electron chi connectivity index (χ2n) is 3.93. The van der Waals surface area contributed by atoms with Gasteiger partial charge in [0.2, 0.25) is 5.95 Å². The van der Waals surface area contributed by atoms with Crippen LogP contribution in [0.15, 0.2) is 6.07 Å². The van der Waals surface area contributed by atoms with E-state index in [4.69, 9.17) is 0 Å². The molecule has 0 aliphatic carbocycles. The number of aromatic nitrogens is 2. The highest BCUT2D eigenvalue weighted by molar-refractivity contribution is 5.08. The molecule has 0 atom stereocenters. The smallest absolute Gasteiger partial charge is 0.252 e. The molecule has 0 aliphatic heterocycles. The van der Waals surface area contributed by atoms with Gasteiger partial charge in [-0.2, -0.15) is 17.6 Å². The lowest BCUT2D eigenvalue weighted by atomic mass is 10.1. The molecule has 0 aromatic carbocycles. The van der Waals surface area contributed by atoms with Crippen LogP contribution in [0.5, 0.6) is 0 Å². The van der Waals surface area contributed by atoms with Gasteiger partial charge in [-0.15, -0.1) is 5.10 Å². The van der Waals surface area contributed by atoms with Crippen molar-refractivity contribution in [1.82, 2.24) is 9.78 Å². The summed E-state index contributed by atoms with van der Waals surface area (Å²) in [5, 5.41) is 3.18. The van der Waals surface area contributed by atoms with E-state index in [2.05, 4.69) is 5.10 Å². The minimum absolute atomic E-state index is 0.394. The van der Waals surface area contributed by atoms with Gasteiger partial charge in [0, 0.05) is 6.07 Å². The first-order valence-corrected chi connectivity index (χ1v) is 3.95. The van der Waals surface area contributed by atoms with Gasteiger partial charge in [0.05, 0.1) is 5.54 Å². The molecule has 80 valence electrons. The van der Waals surface area contributed by atoms with Crippen molar-refractivity contribution in [3.05, 3.63) is 17.7 Å². The quantitative estimate of drug-likeness (QED) is 0.602. The maximum Gasteiger partial charge on any atom is 0.433 e. The Hall–Kier alpha value is -1.07. The number of nitrogens with zero attached hydrogens (tertiary/aromatic N) is 2. The van der Waals surface area contributed by atoms with Crippen molar-refractivity contribution >= 4 is 0 Å². The predicted octanol–water partition coefficient (Wildman–Crippen LogP) is 2.80. The minimum atomic E-state index is -4.58. The predicted molar refractivity (Wildman–Crippen MR) is 42.2 cm³/mol. The first-order valence-electron chi connectivity index (χ1n) is 3.95. The topological polar surface area (TPSA) is 17.8 Å². The van der Waals surface area contributed by atoms with E-state index in [9.17, 15) is 17.6 Å². The monoisotopic (exact) mass is 210 g/mol. The van der Waals surface area contributed by atoms with E-state index in [0.29, 0.717) is 10.7 Å². The zero-order valence-corrected chi connectivity index (χ0v) is 7.98. The fourth-order valence-electron chi connectivity index (χ4n) is 1.07. The van der Waals surface area contributed by atoms with E-state index in [-0.39, 0.29) is 0 Å². The number of halogens is 4. The number of alkyl halides is 3. The van der Waals surface area contributed by atoms with Gasteiger partial charge in [-0.05, 0) is 20.8 Å². The average molecular weight is 210 g/mol. The summed E-state index contributed by atoms with van der Waals surface area (Å²) in [5.41, 5.74) is -1.96. The molecule has 1 aromatic rings. The number of hydrogen-bond donors (Lipinski definition) is 0. The van der Waals surface area contributed by atoms with Crippen LogP contribution in [0.3, 0.4) is 0 Å². The number of rotatable bonds is 0. The molecule has 0 saturated carbocycles. The van der Waals surface area contributed by atoms with Crippen LogP contribution < -0.4 is 0 Å². The van der Waals surface area contributed by atoms with E-state index in [1.807, 2.05) is 0 Å². The van der Waals surface area contributed by atoms with Gasteiger partial charge >= 0.3 is 6.18 Å². The van der Waals surface area contributed by atoms with Crippen LogP contribution >= 0.6 is 0 Å². The van der Waals surface area contributed by atoms with Crippen LogP contribution in [0.1, 0.15) is 26.5 Å². The van der Waals surface area contributed by atoms with Gasteiger partial charge in [-0.3, -0.25) is 4.68 Å². The molecule has 14 heavy (non-hydrogen) atoms. The van der Waals surface area contributed by atoms with Gasteiger partial charge in [-0.1, -0.05) is 0 Å². The van der Waals surface area contributed by atoms with Crippen molar-refractivity contribution in [3.63, 3.8) is 0 Å². The second kappa shape index (κ2) is 2.96. The van der Waals surface area contributed by atoms with Crippen LogP contribution in [-0.4, -0.2) is 9.78 Å². The molecule has 6 heteroatoms. The molecular formula is C8H10F4N2. The highest BCUT2D eigenvalue weighted by Gasteiger charge is 2.38. The third-order valence-corrected chi connectivity index (χ3v) is 1.61. The Morgan fingerprint density at radius 1 is 1.21 bits per heavy atom. The zero-order valence-electron chi connectivity index (χ0n) is 7.98. The summed E-state index contributed by atoms with van der Waals surface area (Å²) in [7, 11) is 0. The molecule has 0 N–H and O–H groups in total. The lowest BCUT2D eigenvalue weighted by molar-refractivity contribution is -0.146. The highest BCUT2D eigenvalue weighted by atomic mass is 19.4. The van der Waals surface area contributed by atoms with E-state index in [1.165, 1.54) is 20.8 Å². The van der Waals surface area contributed by atoms with Crippen LogP contribution in [0, 0.1) is 5.95 Å². The standard InChI is InChI=1S/C8H10F4N2/c1-7(2,3)14-5(8(10,11)12)4-6(9)13-14/h4H,1-3H3. The molecule has 0 saturated heterocycles. The fraction of sp³-hybridized carbons (Fsp3) is 0.625. The molecular weight excluding hydrogens is 200 g/mol. The van der Waals surface area contributed by atoms with Crippen LogP contribution in [0.4, 0.5) is 17.6 Å². The Morgan fingerprint density at radius 2 is 1.71 bits per heavy atom. The van der Waals surface area contributed by atoms with E-state index in [1.54, 1.807) is 0 Å². The molecule has 0 amide bonds. The molecule has 1 aromatic heterocycles. The Balaban J connectivity index is 3.31. The summed E-state index contributed by atoms with van der Waals surface area (Å²) < 4.78 is 50.4. The van der Waals surface area contributed by atoms with Crippen LogP contribution in [0.25, 0.3) is 0 Å². The second-order valence-corrected chi connectivity index (χ2v) is 3.93. The third kappa shape index (κ3) is 2.05. The molecule has 0 bridgehead atoms. The zero-order chi connectivity index (χ0) is 11.1. The van der Waals surface area contributed by atoms with Crippen molar-refractivity contribution in [2.45, 2.75) is 32.5 Å². The first-order chi connectivity index (χ1) is 6.12. The Morgan fingerprint density at radius 3 is 2.00 bits per heavy atom. The average Bonchev–Trinajstić information content (AvgIpc) is 2.27. The molecule has 0 spiro atoms. The molecule has 1 heterocycles. The van der Waals surface area contributed by atoms with Gasteiger partial charge in [0.25, 0.3) is 0 Å². The summed E-state index contributed by atoms with van der Waals surface area (Å²) in [6.45, 7) is 4.57. The van der Waals surface area contributed by atoms with Crippen molar-refractivity contribution in [3.8, 4) is 0 Å². The third-order valence-electron chi connectivity index (χ3n) is 1.61. The van der Waals surface area contributed by atoms with Gasteiger partial charge < -0.3 is 0 Å². The van der Waals surface area contributed by atoms with Crippen LogP contribution in [-0.2, 0) is 11.7 Å². The van der Waals surface area contributed by atoms with Gasteiger partial charge in [-0.25, -0.2) is 0 Å². The Labute approximate surface area is 78.5 Å². The fourth-order valence-corrected chi connectivity index (χ4v) is 1.07. The number of hydrogen-bond acceptors (Lipinski definition) is 1. The first kappa shape index (κ1) is 11.0. The van der Waals surface area contributed by atoms with Crippen molar-refractivity contribution in [2.75, 3.05) is 0 Å². The summed E-state index contributed by atoms with van der Waals surface area (Å²) in [6.07, 6.45) is -4.58. The molecule has 0 aliphatic rings. The SMILES string of the molecule is CC(C)(C)n1nc(F)cc1C(F)(F)F. The van der Waals surface area contributed by atoms with Crippen molar-refractivity contribution in [1.29, 1.82) is 0 Å². The van der Waals surface area contributed by atoms with Gasteiger partial charge in [0.15, 0.2) is 0 Å². The van der Waals surface area contributed by atoms with Crippen molar-refractivity contribution < 1.29 is 17.6 Å². The Bertz CT molecular complexity index is 301. The van der Waals surface area contributed by atoms with Gasteiger partial charge in [0.1, 0.15) is 5.69 Å². The highest BCUT2D eigenvalue weighted by Crippen LogP contribution is 2.32. The van der Waals surface area contributed by atoms with E-state index in [0.717, 1.165) is 0 Å². The molecule has 0 radical (unpaired) electrons. The summed E-state index contributed by atoms with van der Waals surface area (Å²) in [6, 6.07) is 0.394.